The third-order valence-corrected chi connectivity index (χ3v) is 3.51. The summed E-state index contributed by atoms with van der Waals surface area (Å²) in [4.78, 5) is 0. The van der Waals surface area contributed by atoms with E-state index in [1.165, 1.54) is 0 Å². The van der Waals surface area contributed by atoms with Gasteiger partial charge >= 0.3 is 5.22 Å². The van der Waals surface area contributed by atoms with Gasteiger partial charge in [-0.1, -0.05) is 5.10 Å². The lowest BCUT2D eigenvalue weighted by molar-refractivity contribution is 0.442. The summed E-state index contributed by atoms with van der Waals surface area (Å²) in [6.07, 6.45) is 0.953. The van der Waals surface area contributed by atoms with Gasteiger partial charge in [-0.25, -0.2) is 8.42 Å². The summed E-state index contributed by atoms with van der Waals surface area (Å²) in [5.74, 6) is 0.0211. The van der Waals surface area contributed by atoms with Crippen LogP contribution in [-0.2, 0) is 9.84 Å². The van der Waals surface area contributed by atoms with Crippen molar-refractivity contribution in [2.45, 2.75) is 5.22 Å². The molecule has 24 heavy (non-hydrogen) atoms. The van der Waals surface area contributed by atoms with Gasteiger partial charge in [0.1, 0.15) is 23.9 Å². The summed E-state index contributed by atoms with van der Waals surface area (Å²) in [5, 5.41) is 35.8. The minimum Gasteiger partial charge on any atom is -0.408 e. The molecule has 0 fully saturated rings. The van der Waals surface area contributed by atoms with Crippen molar-refractivity contribution in [3.8, 4) is 29.7 Å². The maximum Gasteiger partial charge on any atom is 0.335 e. The van der Waals surface area contributed by atoms with Crippen LogP contribution in [-0.4, -0.2) is 24.9 Å². The third kappa shape index (κ3) is 3.55. The number of allylic oxidation sites excluding steroid dienone is 2. The highest BCUT2D eigenvalue weighted by atomic mass is 32.2. The molecule has 2 aromatic rings. The number of benzene rings is 1. The van der Waals surface area contributed by atoms with Crippen LogP contribution in [0, 0.1) is 34.0 Å². The Labute approximate surface area is 137 Å². The number of anilines is 1. The maximum absolute atomic E-state index is 11.3. The number of rotatable bonds is 4. The SMILES string of the molecule is CS(=O)(=O)c1nnc(-c2ccc(NC(C#N)=C(C#N)C#N)cc2)o1. The van der Waals surface area contributed by atoms with Gasteiger partial charge < -0.3 is 9.73 Å². The van der Waals surface area contributed by atoms with E-state index in [2.05, 4.69) is 15.5 Å². The highest BCUT2D eigenvalue weighted by molar-refractivity contribution is 7.90. The summed E-state index contributed by atoms with van der Waals surface area (Å²) in [6.45, 7) is 0. The first-order valence-electron chi connectivity index (χ1n) is 6.24. The molecule has 0 radical (unpaired) electrons. The molecule has 0 aliphatic rings. The Bertz CT molecular complexity index is 1010. The molecular formula is C14H8N6O3S. The topological polar surface area (TPSA) is 156 Å². The van der Waals surface area contributed by atoms with Gasteiger partial charge in [0.2, 0.25) is 15.7 Å². The number of hydrogen-bond acceptors (Lipinski definition) is 9. The zero-order chi connectivity index (χ0) is 17.7. The lowest BCUT2D eigenvalue weighted by Crippen LogP contribution is -2.00. The first-order valence-corrected chi connectivity index (χ1v) is 8.13. The van der Waals surface area contributed by atoms with Gasteiger partial charge in [-0.3, -0.25) is 0 Å². The minimum atomic E-state index is -3.59. The number of nitrogens with zero attached hydrogens (tertiary/aromatic N) is 5. The fraction of sp³-hybridized carbons (Fsp3) is 0.0714. The molecule has 1 aromatic carbocycles. The van der Waals surface area contributed by atoms with Crippen LogP contribution < -0.4 is 5.32 Å². The number of aromatic nitrogens is 2. The van der Waals surface area contributed by atoms with Crippen molar-refractivity contribution in [3.05, 3.63) is 35.5 Å². The van der Waals surface area contributed by atoms with Crippen LogP contribution in [0.4, 0.5) is 5.69 Å². The van der Waals surface area contributed by atoms with E-state index in [4.69, 9.17) is 20.2 Å². The predicted octanol–water partition coefficient (Wildman–Crippen LogP) is 1.38. The van der Waals surface area contributed by atoms with Gasteiger partial charge in [0.25, 0.3) is 0 Å². The number of sulfone groups is 1. The molecule has 0 saturated heterocycles. The number of nitriles is 3. The molecule has 1 aromatic heterocycles. The van der Waals surface area contributed by atoms with Crippen LogP contribution in [0.5, 0.6) is 0 Å². The van der Waals surface area contributed by atoms with E-state index in [0.717, 1.165) is 6.26 Å². The fourth-order valence-corrected chi connectivity index (χ4v) is 2.02. The van der Waals surface area contributed by atoms with E-state index in [1.807, 2.05) is 0 Å². The second-order valence-electron chi connectivity index (χ2n) is 4.43. The normalized spacial score (nSPS) is 10.1. The van der Waals surface area contributed by atoms with Crippen molar-refractivity contribution in [2.24, 2.45) is 0 Å². The molecule has 0 atom stereocenters. The van der Waals surface area contributed by atoms with Crippen LogP contribution in [0.25, 0.3) is 11.5 Å². The second kappa shape index (κ2) is 6.61. The first-order chi connectivity index (χ1) is 11.4. The zero-order valence-electron chi connectivity index (χ0n) is 12.2. The summed E-state index contributed by atoms with van der Waals surface area (Å²) in [6, 6.07) is 11.2. The maximum atomic E-state index is 11.3. The smallest absolute Gasteiger partial charge is 0.335 e. The van der Waals surface area contributed by atoms with Crippen molar-refractivity contribution in [1.82, 2.24) is 10.2 Å². The Morgan fingerprint density at radius 2 is 1.71 bits per heavy atom. The Morgan fingerprint density at radius 3 is 2.17 bits per heavy atom. The Kier molecular flexibility index (Phi) is 4.60. The molecule has 0 amide bonds. The molecule has 2 rings (SSSR count). The highest BCUT2D eigenvalue weighted by Crippen LogP contribution is 2.22. The van der Waals surface area contributed by atoms with Crippen molar-refractivity contribution >= 4 is 15.5 Å². The quantitative estimate of drug-likeness (QED) is 0.811. The summed E-state index contributed by atoms with van der Waals surface area (Å²) < 4.78 is 27.7. The van der Waals surface area contributed by atoms with Crippen molar-refractivity contribution < 1.29 is 12.8 Å². The number of hydrogen-bond donors (Lipinski definition) is 1. The predicted molar refractivity (Wildman–Crippen MR) is 80.3 cm³/mol. The van der Waals surface area contributed by atoms with Gasteiger partial charge in [0.05, 0.1) is 0 Å². The van der Waals surface area contributed by atoms with Gasteiger partial charge in [-0.2, -0.15) is 15.8 Å². The molecule has 0 aliphatic carbocycles. The largest absolute Gasteiger partial charge is 0.408 e. The average Bonchev–Trinajstić information content (AvgIpc) is 3.06. The monoisotopic (exact) mass is 340 g/mol. The van der Waals surface area contributed by atoms with E-state index in [0.29, 0.717) is 11.3 Å². The summed E-state index contributed by atoms with van der Waals surface area (Å²) in [5.41, 5.74) is 0.397. The van der Waals surface area contributed by atoms with E-state index < -0.39 is 15.1 Å². The second-order valence-corrected chi connectivity index (χ2v) is 6.33. The van der Waals surface area contributed by atoms with Gasteiger partial charge in [0, 0.05) is 17.5 Å². The third-order valence-electron chi connectivity index (χ3n) is 2.71. The lowest BCUT2D eigenvalue weighted by atomic mass is 10.2. The average molecular weight is 340 g/mol. The van der Waals surface area contributed by atoms with Crippen LogP contribution >= 0.6 is 0 Å². The molecule has 0 unspecified atom stereocenters. The Balaban J connectivity index is 2.28. The molecule has 1 N–H and O–H groups in total. The van der Waals surface area contributed by atoms with Crippen LogP contribution in [0.2, 0.25) is 0 Å². The Hall–Kier alpha value is -3.68. The van der Waals surface area contributed by atoms with Crippen LogP contribution in [0.15, 0.2) is 45.2 Å². The summed E-state index contributed by atoms with van der Waals surface area (Å²) >= 11 is 0. The van der Waals surface area contributed by atoms with E-state index in [9.17, 15) is 8.42 Å². The molecule has 0 spiro atoms. The molecule has 1 heterocycles. The molecule has 0 bridgehead atoms. The first kappa shape index (κ1) is 16.7. The standard InChI is InChI=1S/C14H8N6O3S/c1-24(21,22)14-20-19-13(23-14)9-2-4-11(5-3-9)18-12(8-17)10(6-15)7-16/h2-5,18H,1H3. The number of nitrogens with one attached hydrogen (secondary N) is 1. The van der Waals surface area contributed by atoms with E-state index >= 15 is 0 Å². The van der Waals surface area contributed by atoms with Crippen molar-refractivity contribution in [2.75, 3.05) is 11.6 Å². The van der Waals surface area contributed by atoms with E-state index in [1.54, 1.807) is 42.5 Å². The molecule has 118 valence electrons. The fourth-order valence-electron chi connectivity index (χ4n) is 1.60. The molecule has 0 aliphatic heterocycles. The van der Waals surface area contributed by atoms with Gasteiger partial charge in [-0.15, -0.1) is 5.10 Å². The zero-order valence-corrected chi connectivity index (χ0v) is 13.0. The van der Waals surface area contributed by atoms with Crippen LogP contribution in [0.1, 0.15) is 0 Å². The summed E-state index contributed by atoms with van der Waals surface area (Å²) in [7, 11) is -3.59. The van der Waals surface area contributed by atoms with Gasteiger partial charge in [0.15, 0.2) is 5.57 Å². The molecule has 9 nitrogen and oxygen atoms in total. The van der Waals surface area contributed by atoms with Crippen molar-refractivity contribution in [3.63, 3.8) is 0 Å². The van der Waals surface area contributed by atoms with Crippen molar-refractivity contribution in [1.29, 1.82) is 15.8 Å². The van der Waals surface area contributed by atoms with Crippen LogP contribution in [0.3, 0.4) is 0 Å². The molecule has 10 heteroatoms. The Morgan fingerprint density at radius 1 is 1.08 bits per heavy atom. The highest BCUT2D eigenvalue weighted by Gasteiger charge is 2.17. The molecule has 0 saturated carbocycles. The minimum absolute atomic E-state index is 0.0211. The molecular weight excluding hydrogens is 332 g/mol. The lowest BCUT2D eigenvalue weighted by Gasteiger charge is -2.04. The van der Waals surface area contributed by atoms with Gasteiger partial charge in [-0.05, 0) is 24.3 Å². The van der Waals surface area contributed by atoms with E-state index in [-0.39, 0.29) is 17.2 Å².